The molecule has 1 fully saturated rings. The Morgan fingerprint density at radius 2 is 1.80 bits per heavy atom. The fourth-order valence-corrected chi connectivity index (χ4v) is 3.89. The molecule has 1 aliphatic rings. The Kier molecular flexibility index (Phi) is 5.58. The number of methoxy groups -OCH3 is 1. The van der Waals surface area contributed by atoms with Gasteiger partial charge in [-0.2, -0.15) is 10.2 Å². The maximum atomic E-state index is 13.3. The van der Waals surface area contributed by atoms with Crippen LogP contribution in [0.25, 0.3) is 16.9 Å². The van der Waals surface area contributed by atoms with Gasteiger partial charge in [-0.3, -0.25) is 9.78 Å². The Morgan fingerprint density at radius 3 is 2.49 bits per heavy atom. The Hall–Kier alpha value is -4.79. The maximum Gasteiger partial charge on any atom is 0.346 e. The largest absolute Gasteiger partial charge is 0.497 e. The van der Waals surface area contributed by atoms with E-state index in [4.69, 9.17) is 9.84 Å². The Balaban J connectivity index is 1.48. The molecule has 1 atom stereocenters. The SMILES string of the molecule is COc1ccc(C2(C)NC(=O)N(/N=C/c3cn(-c4ccccc4)nc3-c3cccnc3)C2=O)cc1. The number of nitrogens with one attached hydrogen (secondary N) is 1. The number of aromatic nitrogens is 3. The summed E-state index contributed by atoms with van der Waals surface area (Å²) in [5.74, 6) is 0.171. The second-order valence-electron chi connectivity index (χ2n) is 8.10. The molecule has 9 nitrogen and oxygen atoms in total. The van der Waals surface area contributed by atoms with Crippen molar-refractivity contribution in [2.45, 2.75) is 12.5 Å². The number of carbonyl (C=O) groups is 2. The van der Waals surface area contributed by atoms with Crippen molar-refractivity contribution in [1.82, 2.24) is 25.1 Å². The van der Waals surface area contributed by atoms with Gasteiger partial charge < -0.3 is 10.1 Å². The molecule has 2 aromatic carbocycles. The van der Waals surface area contributed by atoms with Crippen LogP contribution in [0.3, 0.4) is 0 Å². The first-order valence-electron chi connectivity index (χ1n) is 10.9. The minimum absolute atomic E-state index is 0.484. The van der Waals surface area contributed by atoms with Crippen molar-refractivity contribution < 1.29 is 14.3 Å². The van der Waals surface area contributed by atoms with E-state index in [0.717, 1.165) is 16.3 Å². The highest BCUT2D eigenvalue weighted by Crippen LogP contribution is 2.30. The van der Waals surface area contributed by atoms with Crippen molar-refractivity contribution in [3.05, 3.63) is 96.4 Å². The number of hydrogen-bond acceptors (Lipinski definition) is 6. The summed E-state index contributed by atoms with van der Waals surface area (Å²) in [5, 5.41) is 12.5. The van der Waals surface area contributed by atoms with Crippen molar-refractivity contribution in [1.29, 1.82) is 0 Å². The van der Waals surface area contributed by atoms with Gasteiger partial charge >= 0.3 is 6.03 Å². The van der Waals surface area contributed by atoms with Gasteiger partial charge in [-0.1, -0.05) is 30.3 Å². The van der Waals surface area contributed by atoms with Crippen LogP contribution in [0.2, 0.25) is 0 Å². The van der Waals surface area contributed by atoms with Gasteiger partial charge in [-0.05, 0) is 48.9 Å². The number of hydrazone groups is 1. The number of ether oxygens (including phenoxy) is 1. The normalized spacial score (nSPS) is 17.7. The van der Waals surface area contributed by atoms with E-state index in [1.165, 1.54) is 6.21 Å². The summed E-state index contributed by atoms with van der Waals surface area (Å²) in [6, 6.07) is 19.7. The third-order valence-corrected chi connectivity index (χ3v) is 5.85. The fraction of sp³-hybridized carbons (Fsp3) is 0.115. The number of imide groups is 1. The van der Waals surface area contributed by atoms with Gasteiger partial charge in [0.05, 0.1) is 19.0 Å². The number of pyridine rings is 1. The molecule has 3 heterocycles. The Bertz CT molecular complexity index is 1400. The highest BCUT2D eigenvalue weighted by atomic mass is 16.5. The number of nitrogens with zero attached hydrogens (tertiary/aromatic N) is 5. The number of hydrogen-bond donors (Lipinski definition) is 1. The van der Waals surface area contributed by atoms with E-state index in [0.29, 0.717) is 22.6 Å². The molecule has 1 aliphatic heterocycles. The van der Waals surface area contributed by atoms with E-state index < -0.39 is 17.5 Å². The molecule has 5 rings (SSSR count). The maximum absolute atomic E-state index is 13.3. The minimum atomic E-state index is -1.25. The zero-order valence-electron chi connectivity index (χ0n) is 19.1. The van der Waals surface area contributed by atoms with Crippen molar-refractivity contribution in [3.63, 3.8) is 0 Å². The summed E-state index contributed by atoms with van der Waals surface area (Å²) < 4.78 is 6.90. The van der Waals surface area contributed by atoms with E-state index in [1.807, 2.05) is 42.5 Å². The zero-order chi connectivity index (χ0) is 24.4. The number of carbonyl (C=O) groups excluding carboxylic acids is 2. The third-order valence-electron chi connectivity index (χ3n) is 5.85. The van der Waals surface area contributed by atoms with Crippen LogP contribution in [-0.4, -0.2) is 45.0 Å². The smallest absolute Gasteiger partial charge is 0.346 e. The highest BCUT2D eigenvalue weighted by molar-refractivity contribution is 6.07. The second kappa shape index (κ2) is 8.86. The fourth-order valence-electron chi connectivity index (χ4n) is 3.89. The Labute approximate surface area is 201 Å². The van der Waals surface area contributed by atoms with Gasteiger partial charge in [-0.15, -0.1) is 5.01 Å². The second-order valence-corrected chi connectivity index (χ2v) is 8.10. The zero-order valence-corrected chi connectivity index (χ0v) is 19.1. The van der Waals surface area contributed by atoms with Crippen LogP contribution in [0.1, 0.15) is 18.1 Å². The first-order chi connectivity index (χ1) is 17.0. The lowest BCUT2D eigenvalue weighted by atomic mass is 9.92. The van der Waals surface area contributed by atoms with Gasteiger partial charge in [0.2, 0.25) is 0 Å². The molecule has 0 radical (unpaired) electrons. The summed E-state index contributed by atoms with van der Waals surface area (Å²) in [7, 11) is 1.56. The van der Waals surface area contributed by atoms with Crippen LogP contribution in [0, 0.1) is 0 Å². The van der Waals surface area contributed by atoms with Gasteiger partial charge in [0.15, 0.2) is 0 Å². The molecule has 3 amide bonds. The number of rotatable bonds is 6. The lowest BCUT2D eigenvalue weighted by Crippen LogP contribution is -2.40. The molecule has 35 heavy (non-hydrogen) atoms. The molecule has 1 unspecified atom stereocenters. The van der Waals surface area contributed by atoms with E-state index >= 15 is 0 Å². The van der Waals surface area contributed by atoms with E-state index in [-0.39, 0.29) is 0 Å². The van der Waals surface area contributed by atoms with Gasteiger partial charge in [-0.25, -0.2) is 9.48 Å². The lowest BCUT2D eigenvalue weighted by molar-refractivity contribution is -0.131. The number of benzene rings is 2. The monoisotopic (exact) mass is 466 g/mol. The molecule has 0 bridgehead atoms. The highest BCUT2D eigenvalue weighted by Gasteiger charge is 2.49. The summed E-state index contributed by atoms with van der Waals surface area (Å²) in [6.45, 7) is 1.65. The van der Waals surface area contributed by atoms with E-state index in [2.05, 4.69) is 15.4 Å². The molecule has 9 heteroatoms. The van der Waals surface area contributed by atoms with Crippen molar-refractivity contribution in [2.24, 2.45) is 5.10 Å². The molecular formula is C26H22N6O3. The van der Waals surface area contributed by atoms with Crippen molar-refractivity contribution in [2.75, 3.05) is 7.11 Å². The van der Waals surface area contributed by atoms with E-state index in [9.17, 15) is 9.59 Å². The average molecular weight is 467 g/mol. The molecule has 1 N–H and O–H groups in total. The molecular weight excluding hydrogens is 444 g/mol. The van der Waals surface area contributed by atoms with Gasteiger partial charge in [0.1, 0.15) is 17.0 Å². The molecule has 174 valence electrons. The summed E-state index contributed by atoms with van der Waals surface area (Å²) in [4.78, 5) is 30.2. The summed E-state index contributed by atoms with van der Waals surface area (Å²) in [5.41, 5.74) is 2.27. The summed E-state index contributed by atoms with van der Waals surface area (Å²) in [6.07, 6.45) is 6.64. The van der Waals surface area contributed by atoms with Gasteiger partial charge in [0.25, 0.3) is 5.91 Å². The first kappa shape index (κ1) is 22.0. The molecule has 4 aromatic rings. The predicted molar refractivity (Wildman–Crippen MR) is 130 cm³/mol. The quantitative estimate of drug-likeness (QED) is 0.345. The molecule has 0 aliphatic carbocycles. The van der Waals surface area contributed by atoms with Gasteiger partial charge in [0, 0.05) is 29.7 Å². The number of urea groups is 1. The van der Waals surface area contributed by atoms with E-state index in [1.54, 1.807) is 61.6 Å². The lowest BCUT2D eigenvalue weighted by Gasteiger charge is -2.21. The molecule has 1 saturated heterocycles. The minimum Gasteiger partial charge on any atom is -0.497 e. The van der Waals surface area contributed by atoms with Crippen LogP contribution in [-0.2, 0) is 10.3 Å². The molecule has 0 spiro atoms. The predicted octanol–water partition coefficient (Wildman–Crippen LogP) is 3.74. The molecule has 0 saturated carbocycles. The topological polar surface area (TPSA) is 102 Å². The number of para-hydroxylation sites is 1. The van der Waals surface area contributed by atoms with Crippen LogP contribution in [0.4, 0.5) is 4.79 Å². The van der Waals surface area contributed by atoms with Crippen molar-refractivity contribution in [3.8, 4) is 22.7 Å². The van der Waals surface area contributed by atoms with Crippen LogP contribution in [0.15, 0.2) is 90.4 Å². The first-order valence-corrected chi connectivity index (χ1v) is 10.9. The number of amides is 3. The van der Waals surface area contributed by atoms with Crippen molar-refractivity contribution >= 4 is 18.2 Å². The standard InChI is InChI=1S/C26H22N6O3/c1-26(20-10-12-22(35-2)13-11-20)24(33)32(25(34)29-26)28-16-19-17-31(21-8-4-3-5-9-21)30-23(19)18-7-6-14-27-15-18/h3-17H,1-2H3,(H,29,34)/b28-16+. The Morgan fingerprint density at radius 1 is 1.03 bits per heavy atom. The average Bonchev–Trinajstić information content (AvgIpc) is 3.42. The summed E-state index contributed by atoms with van der Waals surface area (Å²) >= 11 is 0. The van der Waals surface area contributed by atoms with Crippen LogP contribution < -0.4 is 10.1 Å². The molecule has 2 aromatic heterocycles. The third kappa shape index (κ3) is 4.04. The van der Waals surface area contributed by atoms with Crippen LogP contribution >= 0.6 is 0 Å². The van der Waals surface area contributed by atoms with Crippen LogP contribution in [0.5, 0.6) is 5.75 Å².